The molecule has 1 aliphatic rings. The second kappa shape index (κ2) is 8.80. The van der Waals surface area contributed by atoms with Crippen molar-refractivity contribution < 1.29 is 4.79 Å². The molecule has 1 fully saturated rings. The number of thiophene rings is 1. The summed E-state index contributed by atoms with van der Waals surface area (Å²) in [6.07, 6.45) is 2.04. The van der Waals surface area contributed by atoms with Crippen LogP contribution >= 0.6 is 11.3 Å². The van der Waals surface area contributed by atoms with E-state index in [1.165, 1.54) is 16.0 Å². The van der Waals surface area contributed by atoms with Crippen LogP contribution in [0.2, 0.25) is 0 Å². The highest BCUT2D eigenvalue weighted by Gasteiger charge is 2.31. The highest BCUT2D eigenvalue weighted by atomic mass is 32.1. The summed E-state index contributed by atoms with van der Waals surface area (Å²) in [5.74, 6) is 0.165. The minimum atomic E-state index is -0.0124. The topological polar surface area (TPSA) is 35.6 Å². The van der Waals surface area contributed by atoms with Crippen molar-refractivity contribution in [1.29, 1.82) is 0 Å². The molecule has 0 aliphatic carbocycles. The maximum atomic E-state index is 12.8. The Morgan fingerprint density at radius 1 is 1.35 bits per heavy atom. The van der Waals surface area contributed by atoms with Gasteiger partial charge in [-0.3, -0.25) is 9.69 Å². The van der Waals surface area contributed by atoms with Crippen LogP contribution in [-0.4, -0.2) is 48.9 Å². The van der Waals surface area contributed by atoms with E-state index in [1.54, 1.807) is 11.3 Å². The number of rotatable bonds is 7. The molecule has 140 valence electrons. The van der Waals surface area contributed by atoms with Gasteiger partial charge in [0, 0.05) is 18.0 Å². The number of carbonyl (C=O) groups is 1. The van der Waals surface area contributed by atoms with Gasteiger partial charge >= 0.3 is 0 Å². The van der Waals surface area contributed by atoms with Crippen molar-refractivity contribution >= 4 is 17.2 Å². The molecule has 26 heavy (non-hydrogen) atoms. The van der Waals surface area contributed by atoms with Crippen molar-refractivity contribution in [2.75, 3.05) is 27.2 Å². The first-order chi connectivity index (χ1) is 12.5. The van der Waals surface area contributed by atoms with E-state index in [0.29, 0.717) is 6.54 Å². The summed E-state index contributed by atoms with van der Waals surface area (Å²) in [7, 11) is 4.13. The van der Waals surface area contributed by atoms with Gasteiger partial charge in [-0.25, -0.2) is 0 Å². The first-order valence-corrected chi connectivity index (χ1v) is 10.2. The van der Waals surface area contributed by atoms with Crippen LogP contribution in [0.3, 0.4) is 0 Å². The zero-order valence-corrected chi connectivity index (χ0v) is 16.8. The molecule has 2 unspecified atom stereocenters. The third-order valence-corrected chi connectivity index (χ3v) is 6.07. The second-order valence-electron chi connectivity index (χ2n) is 7.36. The molecule has 1 N–H and O–H groups in total. The zero-order chi connectivity index (χ0) is 18.5. The summed E-state index contributed by atoms with van der Waals surface area (Å²) in [6.45, 7) is 4.61. The normalized spacial score (nSPS) is 19.0. The lowest BCUT2D eigenvalue weighted by molar-refractivity contribution is -0.125. The third-order valence-electron chi connectivity index (χ3n) is 5.10. The summed E-state index contributed by atoms with van der Waals surface area (Å²) in [6, 6.07) is 13.0. The minimum absolute atomic E-state index is 0.0124. The van der Waals surface area contributed by atoms with Crippen LogP contribution < -0.4 is 5.32 Å². The van der Waals surface area contributed by atoms with E-state index in [9.17, 15) is 4.79 Å². The Kier molecular flexibility index (Phi) is 6.46. The molecule has 0 spiro atoms. The van der Waals surface area contributed by atoms with Gasteiger partial charge in [-0.2, -0.15) is 0 Å². The van der Waals surface area contributed by atoms with Gasteiger partial charge in [0.2, 0.25) is 5.91 Å². The minimum Gasteiger partial charge on any atom is -0.353 e. The molecule has 1 saturated heterocycles. The molecule has 4 nitrogen and oxygen atoms in total. The van der Waals surface area contributed by atoms with Crippen molar-refractivity contribution in [2.24, 2.45) is 0 Å². The van der Waals surface area contributed by atoms with Crippen molar-refractivity contribution in [3.8, 4) is 0 Å². The SMILES string of the molecule is Cc1cccc(CN2CCCC2C(=O)NCC(c2cccs2)N(C)C)c1. The molecule has 5 heteroatoms. The van der Waals surface area contributed by atoms with Crippen LogP contribution in [0.25, 0.3) is 0 Å². The second-order valence-corrected chi connectivity index (χ2v) is 8.34. The first kappa shape index (κ1) is 19.1. The monoisotopic (exact) mass is 371 g/mol. The predicted molar refractivity (Wildman–Crippen MR) is 108 cm³/mol. The number of likely N-dealkylation sites (tertiary alicyclic amines) is 1. The molecule has 1 amide bonds. The Bertz CT molecular complexity index is 714. The molecule has 2 heterocycles. The molecule has 0 bridgehead atoms. The number of nitrogens with zero attached hydrogens (tertiary/aromatic N) is 2. The van der Waals surface area contributed by atoms with Crippen LogP contribution in [0.1, 0.15) is 34.9 Å². The van der Waals surface area contributed by atoms with E-state index in [-0.39, 0.29) is 18.0 Å². The lowest BCUT2D eigenvalue weighted by Gasteiger charge is -2.27. The lowest BCUT2D eigenvalue weighted by Crippen LogP contribution is -2.45. The van der Waals surface area contributed by atoms with Crippen LogP contribution in [0.5, 0.6) is 0 Å². The van der Waals surface area contributed by atoms with Gasteiger partial charge in [-0.15, -0.1) is 11.3 Å². The fourth-order valence-corrected chi connectivity index (χ4v) is 4.61. The van der Waals surface area contributed by atoms with Crippen molar-refractivity contribution in [3.63, 3.8) is 0 Å². The largest absolute Gasteiger partial charge is 0.353 e. The number of hydrogen-bond donors (Lipinski definition) is 1. The Morgan fingerprint density at radius 3 is 2.88 bits per heavy atom. The number of amides is 1. The highest BCUT2D eigenvalue weighted by Crippen LogP contribution is 2.24. The predicted octanol–water partition coefficient (Wildman–Crippen LogP) is 3.44. The Morgan fingerprint density at radius 2 is 2.19 bits per heavy atom. The number of hydrogen-bond acceptors (Lipinski definition) is 4. The average Bonchev–Trinajstić information content (AvgIpc) is 3.26. The maximum Gasteiger partial charge on any atom is 0.237 e. The van der Waals surface area contributed by atoms with Crippen LogP contribution in [0.4, 0.5) is 0 Å². The van der Waals surface area contributed by atoms with Crippen LogP contribution in [-0.2, 0) is 11.3 Å². The van der Waals surface area contributed by atoms with E-state index in [4.69, 9.17) is 0 Å². The summed E-state index contributed by atoms with van der Waals surface area (Å²) in [5, 5.41) is 5.30. The number of likely N-dealkylation sites (N-methyl/N-ethyl adjacent to an activating group) is 1. The lowest BCUT2D eigenvalue weighted by atomic mass is 10.1. The summed E-state index contributed by atoms with van der Waals surface area (Å²) >= 11 is 1.74. The summed E-state index contributed by atoms with van der Waals surface area (Å²) in [4.78, 5) is 18.6. The van der Waals surface area contributed by atoms with E-state index in [1.807, 2.05) is 0 Å². The Hall–Kier alpha value is -1.69. The molecule has 2 atom stereocenters. The number of benzene rings is 1. The standard InChI is InChI=1S/C21H29N3OS/c1-16-7-4-8-17(13-16)15-24-11-5-9-18(24)21(25)22-14-19(23(2)3)20-10-6-12-26-20/h4,6-8,10,12-13,18-19H,5,9,11,14-15H2,1-3H3,(H,22,25). The molecule has 0 saturated carbocycles. The van der Waals surface area contributed by atoms with E-state index in [0.717, 1.165) is 25.9 Å². The molecule has 3 rings (SSSR count). The number of carbonyl (C=O) groups excluding carboxylic acids is 1. The van der Waals surface area contributed by atoms with Gasteiger partial charge < -0.3 is 10.2 Å². The van der Waals surface area contributed by atoms with E-state index < -0.39 is 0 Å². The number of nitrogens with one attached hydrogen (secondary N) is 1. The maximum absolute atomic E-state index is 12.8. The van der Waals surface area contributed by atoms with Crippen LogP contribution in [0.15, 0.2) is 41.8 Å². The third kappa shape index (κ3) is 4.72. The van der Waals surface area contributed by atoms with Gasteiger partial charge in [0.05, 0.1) is 12.1 Å². The summed E-state index contributed by atoms with van der Waals surface area (Å²) < 4.78 is 0. The van der Waals surface area contributed by atoms with Gasteiger partial charge in [0.15, 0.2) is 0 Å². The van der Waals surface area contributed by atoms with Gasteiger partial charge in [-0.1, -0.05) is 35.9 Å². The average molecular weight is 372 g/mol. The molecule has 1 aromatic carbocycles. The smallest absolute Gasteiger partial charge is 0.237 e. The quantitative estimate of drug-likeness (QED) is 0.810. The summed E-state index contributed by atoms with van der Waals surface area (Å²) in [5.41, 5.74) is 2.56. The molecular weight excluding hydrogens is 342 g/mol. The van der Waals surface area contributed by atoms with Crippen LogP contribution in [0, 0.1) is 6.92 Å². The van der Waals surface area contributed by atoms with Crippen molar-refractivity contribution in [3.05, 3.63) is 57.8 Å². The van der Waals surface area contributed by atoms with E-state index in [2.05, 4.69) is 77.9 Å². The van der Waals surface area contributed by atoms with Crippen molar-refractivity contribution in [1.82, 2.24) is 15.1 Å². The molecule has 1 aromatic heterocycles. The molecule has 1 aliphatic heterocycles. The fourth-order valence-electron chi connectivity index (χ4n) is 3.69. The van der Waals surface area contributed by atoms with E-state index >= 15 is 0 Å². The molecule has 2 aromatic rings. The fraction of sp³-hybridized carbons (Fsp3) is 0.476. The Labute approximate surface area is 160 Å². The number of aryl methyl sites for hydroxylation is 1. The van der Waals surface area contributed by atoms with Gasteiger partial charge in [0.25, 0.3) is 0 Å². The van der Waals surface area contributed by atoms with Gasteiger partial charge in [-0.05, 0) is 57.4 Å². The molecular formula is C21H29N3OS. The van der Waals surface area contributed by atoms with Crippen molar-refractivity contribution in [2.45, 2.75) is 38.4 Å². The first-order valence-electron chi connectivity index (χ1n) is 9.31. The highest BCUT2D eigenvalue weighted by molar-refractivity contribution is 7.10. The van der Waals surface area contributed by atoms with Gasteiger partial charge in [0.1, 0.15) is 0 Å². The zero-order valence-electron chi connectivity index (χ0n) is 15.9. The Balaban J connectivity index is 1.59. The molecule has 0 radical (unpaired) electrons.